The highest BCUT2D eigenvalue weighted by atomic mass is 16.7. The lowest BCUT2D eigenvalue weighted by Gasteiger charge is -2.48. The van der Waals surface area contributed by atoms with Crippen molar-refractivity contribution in [3.05, 3.63) is 0 Å². The van der Waals surface area contributed by atoms with E-state index < -0.39 is 0 Å². The second kappa shape index (κ2) is 1.96. The van der Waals surface area contributed by atoms with Crippen molar-refractivity contribution in [1.82, 2.24) is 0 Å². The maximum atomic E-state index is 5.28. The lowest BCUT2D eigenvalue weighted by Crippen LogP contribution is -2.55. The third-order valence-corrected chi connectivity index (χ3v) is 2.20. The molecule has 0 amide bonds. The van der Waals surface area contributed by atoms with Crippen molar-refractivity contribution in [2.24, 2.45) is 5.41 Å². The van der Waals surface area contributed by atoms with Crippen molar-refractivity contribution < 1.29 is 9.47 Å². The van der Waals surface area contributed by atoms with E-state index in [-0.39, 0.29) is 11.7 Å². The highest BCUT2D eigenvalue weighted by molar-refractivity contribution is 4.88. The summed E-state index contributed by atoms with van der Waals surface area (Å²) in [6.45, 7) is 6.36. The van der Waals surface area contributed by atoms with E-state index in [9.17, 15) is 0 Å². The van der Waals surface area contributed by atoms with Crippen molar-refractivity contribution in [2.45, 2.75) is 33.2 Å². The summed E-state index contributed by atoms with van der Waals surface area (Å²) in [4.78, 5) is 0. The number of methoxy groups -OCH3 is 1. The molecule has 1 heterocycles. The first-order valence-corrected chi connectivity index (χ1v) is 3.27. The molecule has 0 aromatic heterocycles. The maximum absolute atomic E-state index is 5.28. The SMILES string of the molecule is COC1OC(C)C1(C)C. The van der Waals surface area contributed by atoms with Crippen LogP contribution in [0.5, 0.6) is 0 Å². The molecule has 1 fully saturated rings. The fourth-order valence-corrected chi connectivity index (χ4v) is 1.01. The molecule has 0 aromatic carbocycles. The third kappa shape index (κ3) is 0.864. The van der Waals surface area contributed by atoms with E-state index in [1.165, 1.54) is 0 Å². The van der Waals surface area contributed by atoms with Gasteiger partial charge in [-0.05, 0) is 6.92 Å². The molecule has 0 aromatic rings. The predicted molar refractivity (Wildman–Crippen MR) is 35.1 cm³/mol. The van der Waals surface area contributed by atoms with Gasteiger partial charge in [-0.15, -0.1) is 0 Å². The Balaban J connectivity index is 2.48. The fraction of sp³-hybridized carbons (Fsp3) is 1.00. The number of rotatable bonds is 1. The number of hydrogen-bond acceptors (Lipinski definition) is 2. The monoisotopic (exact) mass is 130 g/mol. The topological polar surface area (TPSA) is 18.5 Å². The lowest BCUT2D eigenvalue weighted by atomic mass is 9.81. The van der Waals surface area contributed by atoms with Gasteiger partial charge in [-0.1, -0.05) is 13.8 Å². The molecule has 9 heavy (non-hydrogen) atoms. The molecule has 0 spiro atoms. The summed E-state index contributed by atoms with van der Waals surface area (Å²) in [5, 5.41) is 0. The molecule has 1 aliphatic heterocycles. The normalized spacial score (nSPS) is 40.0. The van der Waals surface area contributed by atoms with E-state index in [1.54, 1.807) is 7.11 Å². The highest BCUT2D eigenvalue weighted by Gasteiger charge is 2.47. The Morgan fingerprint density at radius 1 is 1.44 bits per heavy atom. The van der Waals surface area contributed by atoms with Gasteiger partial charge in [0.05, 0.1) is 6.10 Å². The first kappa shape index (κ1) is 7.03. The average molecular weight is 130 g/mol. The average Bonchev–Trinajstić information content (AvgIpc) is 1.82. The van der Waals surface area contributed by atoms with E-state index in [1.807, 2.05) is 0 Å². The largest absolute Gasteiger partial charge is 0.355 e. The molecule has 2 unspecified atom stereocenters. The minimum Gasteiger partial charge on any atom is -0.355 e. The molecule has 2 atom stereocenters. The van der Waals surface area contributed by atoms with Crippen LogP contribution in [0.3, 0.4) is 0 Å². The van der Waals surface area contributed by atoms with E-state index in [0.29, 0.717) is 6.10 Å². The Morgan fingerprint density at radius 3 is 2.11 bits per heavy atom. The first-order valence-electron chi connectivity index (χ1n) is 3.27. The Kier molecular flexibility index (Phi) is 1.53. The first-order chi connectivity index (χ1) is 4.09. The molecule has 0 aliphatic carbocycles. The van der Waals surface area contributed by atoms with Gasteiger partial charge in [-0.25, -0.2) is 0 Å². The summed E-state index contributed by atoms with van der Waals surface area (Å²) in [5.41, 5.74) is 0.203. The second-order valence-corrected chi connectivity index (χ2v) is 3.17. The summed E-state index contributed by atoms with van der Waals surface area (Å²) >= 11 is 0. The summed E-state index contributed by atoms with van der Waals surface area (Å²) in [6.07, 6.45) is 0.343. The molecule has 1 saturated heterocycles. The van der Waals surface area contributed by atoms with E-state index >= 15 is 0 Å². The molecule has 2 heteroatoms. The van der Waals surface area contributed by atoms with Gasteiger partial charge in [-0.2, -0.15) is 0 Å². The molecular formula is C7H14O2. The second-order valence-electron chi connectivity index (χ2n) is 3.17. The van der Waals surface area contributed by atoms with Gasteiger partial charge in [0, 0.05) is 12.5 Å². The molecule has 54 valence electrons. The van der Waals surface area contributed by atoms with Crippen molar-refractivity contribution in [2.75, 3.05) is 7.11 Å². The van der Waals surface area contributed by atoms with Crippen LogP contribution in [0.2, 0.25) is 0 Å². The Hall–Kier alpha value is -0.0800. The van der Waals surface area contributed by atoms with Crippen molar-refractivity contribution in [3.63, 3.8) is 0 Å². The molecular weight excluding hydrogens is 116 g/mol. The van der Waals surface area contributed by atoms with Crippen LogP contribution in [0.1, 0.15) is 20.8 Å². The van der Waals surface area contributed by atoms with Gasteiger partial charge < -0.3 is 9.47 Å². The van der Waals surface area contributed by atoms with Crippen LogP contribution in [0.4, 0.5) is 0 Å². The minimum absolute atomic E-state index is 0.00694. The van der Waals surface area contributed by atoms with Gasteiger partial charge in [0.2, 0.25) is 0 Å². The molecule has 0 N–H and O–H groups in total. The van der Waals surface area contributed by atoms with E-state index in [4.69, 9.17) is 9.47 Å². The number of hydrogen-bond donors (Lipinski definition) is 0. The third-order valence-electron chi connectivity index (χ3n) is 2.20. The smallest absolute Gasteiger partial charge is 0.165 e. The quantitative estimate of drug-likeness (QED) is 0.534. The van der Waals surface area contributed by atoms with Crippen LogP contribution >= 0.6 is 0 Å². The van der Waals surface area contributed by atoms with Gasteiger partial charge in [0.1, 0.15) is 0 Å². The fourth-order valence-electron chi connectivity index (χ4n) is 1.01. The summed E-state index contributed by atoms with van der Waals surface area (Å²) in [7, 11) is 1.68. The van der Waals surface area contributed by atoms with Crippen LogP contribution < -0.4 is 0 Å². The molecule has 0 bridgehead atoms. The van der Waals surface area contributed by atoms with Crippen LogP contribution in [-0.4, -0.2) is 19.5 Å². The standard InChI is InChI=1S/C7H14O2/c1-5-7(2,3)6(8-4)9-5/h5-6H,1-4H3. The minimum atomic E-state index is 0.00694. The van der Waals surface area contributed by atoms with Gasteiger partial charge in [0.25, 0.3) is 0 Å². The van der Waals surface area contributed by atoms with Crippen LogP contribution in [-0.2, 0) is 9.47 Å². The molecule has 1 rings (SSSR count). The van der Waals surface area contributed by atoms with Gasteiger partial charge >= 0.3 is 0 Å². The zero-order valence-corrected chi connectivity index (χ0v) is 6.47. The molecule has 1 aliphatic rings. The van der Waals surface area contributed by atoms with Crippen molar-refractivity contribution in [1.29, 1.82) is 0 Å². The predicted octanol–water partition coefficient (Wildman–Crippen LogP) is 1.40. The summed E-state index contributed by atoms with van der Waals surface area (Å²) < 4.78 is 10.3. The lowest BCUT2D eigenvalue weighted by molar-refractivity contribution is -0.326. The van der Waals surface area contributed by atoms with Crippen molar-refractivity contribution >= 4 is 0 Å². The Bertz CT molecular complexity index is 109. The van der Waals surface area contributed by atoms with Crippen LogP contribution in [0.15, 0.2) is 0 Å². The Labute approximate surface area is 56.2 Å². The summed E-state index contributed by atoms with van der Waals surface area (Å²) in [6, 6.07) is 0. The summed E-state index contributed by atoms with van der Waals surface area (Å²) in [5.74, 6) is 0. The Morgan fingerprint density at radius 2 is 2.00 bits per heavy atom. The van der Waals surface area contributed by atoms with E-state index in [2.05, 4.69) is 20.8 Å². The van der Waals surface area contributed by atoms with Gasteiger partial charge in [0.15, 0.2) is 6.29 Å². The van der Waals surface area contributed by atoms with Crippen molar-refractivity contribution in [3.8, 4) is 0 Å². The zero-order chi connectivity index (χ0) is 7.07. The molecule has 0 radical (unpaired) electrons. The molecule has 0 saturated carbocycles. The number of ether oxygens (including phenoxy) is 2. The maximum Gasteiger partial charge on any atom is 0.165 e. The van der Waals surface area contributed by atoms with E-state index in [0.717, 1.165) is 0 Å². The highest BCUT2D eigenvalue weighted by Crippen LogP contribution is 2.40. The van der Waals surface area contributed by atoms with Crippen LogP contribution in [0.25, 0.3) is 0 Å². The van der Waals surface area contributed by atoms with Gasteiger partial charge in [-0.3, -0.25) is 0 Å². The van der Waals surface area contributed by atoms with Crippen LogP contribution in [0, 0.1) is 5.41 Å². The molecule has 2 nitrogen and oxygen atoms in total. The zero-order valence-electron chi connectivity index (χ0n) is 6.47.